The van der Waals surface area contributed by atoms with Crippen molar-refractivity contribution in [3.8, 4) is 0 Å². The lowest BCUT2D eigenvalue weighted by Gasteiger charge is -2.09. The fourth-order valence-electron chi connectivity index (χ4n) is 2.45. The molecule has 0 aliphatic rings. The first-order chi connectivity index (χ1) is 12.1. The van der Waals surface area contributed by atoms with Crippen molar-refractivity contribution in [2.45, 2.75) is 26.9 Å². The van der Waals surface area contributed by atoms with Crippen LogP contribution in [-0.2, 0) is 13.1 Å². The summed E-state index contributed by atoms with van der Waals surface area (Å²) in [6.07, 6.45) is 1.95. The average molecular weight is 350 g/mol. The smallest absolute Gasteiger partial charge is 0.172 e. The van der Waals surface area contributed by atoms with Gasteiger partial charge >= 0.3 is 0 Å². The van der Waals surface area contributed by atoms with Crippen LogP contribution in [0.15, 0.2) is 60.8 Å². The fraction of sp³-hybridized carbons (Fsp3) is 0.200. The molecule has 3 aromatic rings. The van der Waals surface area contributed by atoms with E-state index in [1.54, 1.807) is 0 Å². The summed E-state index contributed by atoms with van der Waals surface area (Å²) in [5.41, 5.74) is 4.93. The minimum atomic E-state index is 0.571. The van der Waals surface area contributed by atoms with Gasteiger partial charge in [-0.05, 0) is 37.2 Å². The highest BCUT2D eigenvalue weighted by Crippen LogP contribution is 2.08. The second kappa shape index (κ2) is 7.94. The predicted octanol–water partition coefficient (Wildman–Crippen LogP) is 4.03. The highest BCUT2D eigenvalue weighted by atomic mass is 32.1. The van der Waals surface area contributed by atoms with Gasteiger partial charge in [0, 0.05) is 18.8 Å². The number of aryl methyl sites for hydroxylation is 2. The van der Waals surface area contributed by atoms with Crippen molar-refractivity contribution >= 4 is 23.1 Å². The highest BCUT2D eigenvalue weighted by Gasteiger charge is 2.03. The van der Waals surface area contributed by atoms with Gasteiger partial charge in [-0.15, -0.1) is 0 Å². The molecule has 4 nitrogen and oxygen atoms in total. The largest absolute Gasteiger partial charge is 0.358 e. The predicted molar refractivity (Wildman–Crippen MR) is 107 cm³/mol. The molecule has 2 aromatic carbocycles. The molecule has 3 rings (SSSR count). The number of nitrogens with zero attached hydrogens (tertiary/aromatic N) is 2. The quantitative estimate of drug-likeness (QED) is 0.682. The van der Waals surface area contributed by atoms with Gasteiger partial charge in [0.05, 0.1) is 6.54 Å². The molecule has 0 unspecified atom stereocenters. The number of anilines is 1. The fourth-order valence-corrected chi connectivity index (χ4v) is 2.62. The number of rotatable bonds is 5. The Bertz CT molecular complexity index is 835. The second-order valence-corrected chi connectivity index (χ2v) is 6.59. The first kappa shape index (κ1) is 17.2. The highest BCUT2D eigenvalue weighted by molar-refractivity contribution is 7.80. The molecule has 0 atom stereocenters. The summed E-state index contributed by atoms with van der Waals surface area (Å²) in [6.45, 7) is 5.60. The molecule has 0 amide bonds. The molecule has 0 saturated heterocycles. The van der Waals surface area contributed by atoms with Crippen molar-refractivity contribution in [3.05, 3.63) is 83.0 Å². The van der Waals surface area contributed by atoms with E-state index in [1.807, 2.05) is 16.9 Å². The lowest BCUT2D eigenvalue weighted by Crippen LogP contribution is -2.28. The van der Waals surface area contributed by atoms with E-state index in [0.29, 0.717) is 11.7 Å². The van der Waals surface area contributed by atoms with E-state index >= 15 is 0 Å². The van der Waals surface area contributed by atoms with Gasteiger partial charge in [0.2, 0.25) is 0 Å². The van der Waals surface area contributed by atoms with Crippen molar-refractivity contribution in [3.63, 3.8) is 0 Å². The van der Waals surface area contributed by atoms with Gasteiger partial charge in [0.15, 0.2) is 10.9 Å². The summed E-state index contributed by atoms with van der Waals surface area (Å²) in [4.78, 5) is 0. The number of benzene rings is 2. The van der Waals surface area contributed by atoms with Crippen LogP contribution in [0, 0.1) is 13.8 Å². The summed E-state index contributed by atoms with van der Waals surface area (Å²) in [6, 6.07) is 18.8. The Kier molecular flexibility index (Phi) is 5.46. The number of thiocarbonyl (C=S) groups is 1. The molecule has 1 aromatic heterocycles. The van der Waals surface area contributed by atoms with E-state index in [0.717, 1.165) is 12.4 Å². The monoisotopic (exact) mass is 350 g/mol. The first-order valence-electron chi connectivity index (χ1n) is 8.28. The van der Waals surface area contributed by atoms with Crippen LogP contribution in [0.4, 0.5) is 5.82 Å². The van der Waals surface area contributed by atoms with Crippen LogP contribution in [0.25, 0.3) is 0 Å². The summed E-state index contributed by atoms with van der Waals surface area (Å²) in [5, 5.41) is 11.4. The molecular weight excluding hydrogens is 328 g/mol. The third-order valence-electron chi connectivity index (χ3n) is 3.92. The topological polar surface area (TPSA) is 41.9 Å². The van der Waals surface area contributed by atoms with Crippen molar-refractivity contribution in [1.29, 1.82) is 0 Å². The van der Waals surface area contributed by atoms with Crippen LogP contribution in [0.3, 0.4) is 0 Å². The van der Waals surface area contributed by atoms with Crippen molar-refractivity contribution < 1.29 is 0 Å². The number of aromatic nitrogens is 2. The molecule has 5 heteroatoms. The Labute approximate surface area is 153 Å². The van der Waals surface area contributed by atoms with Gasteiger partial charge in [-0.3, -0.25) is 4.68 Å². The molecule has 0 saturated carbocycles. The third-order valence-corrected chi connectivity index (χ3v) is 4.17. The van der Waals surface area contributed by atoms with E-state index in [9.17, 15) is 0 Å². The normalized spacial score (nSPS) is 10.5. The minimum Gasteiger partial charge on any atom is -0.358 e. The number of nitrogens with one attached hydrogen (secondary N) is 2. The summed E-state index contributed by atoms with van der Waals surface area (Å²) >= 11 is 5.34. The SMILES string of the molecule is Cc1ccc(CNC(=S)Nc2ccn(Cc3ccc(C)cc3)n2)cc1. The van der Waals surface area contributed by atoms with E-state index in [1.165, 1.54) is 22.3 Å². The summed E-state index contributed by atoms with van der Waals surface area (Å²) in [5.74, 6) is 0.744. The Hall–Kier alpha value is -2.66. The van der Waals surface area contributed by atoms with Crippen LogP contribution in [0.5, 0.6) is 0 Å². The zero-order valence-corrected chi connectivity index (χ0v) is 15.3. The Balaban J connectivity index is 1.51. The van der Waals surface area contributed by atoms with E-state index < -0.39 is 0 Å². The average Bonchev–Trinajstić information content (AvgIpc) is 3.03. The third kappa shape index (κ3) is 5.16. The minimum absolute atomic E-state index is 0.571. The lowest BCUT2D eigenvalue weighted by atomic mass is 10.1. The second-order valence-electron chi connectivity index (χ2n) is 6.18. The Morgan fingerprint density at radius 2 is 1.52 bits per heavy atom. The van der Waals surface area contributed by atoms with Crippen LogP contribution >= 0.6 is 12.2 Å². The maximum absolute atomic E-state index is 5.34. The molecule has 1 heterocycles. The Morgan fingerprint density at radius 1 is 0.920 bits per heavy atom. The molecule has 0 aliphatic carbocycles. The molecular formula is C20H22N4S. The zero-order chi connectivity index (χ0) is 17.6. The van der Waals surface area contributed by atoms with Gasteiger partial charge in [-0.2, -0.15) is 5.10 Å². The Morgan fingerprint density at radius 3 is 2.16 bits per heavy atom. The molecule has 0 aliphatic heterocycles. The van der Waals surface area contributed by atoms with Crippen molar-refractivity contribution in [2.75, 3.05) is 5.32 Å². The first-order valence-corrected chi connectivity index (χ1v) is 8.69. The van der Waals surface area contributed by atoms with E-state index in [-0.39, 0.29) is 0 Å². The van der Waals surface area contributed by atoms with Gasteiger partial charge in [-0.1, -0.05) is 59.7 Å². The van der Waals surface area contributed by atoms with Crippen molar-refractivity contribution in [1.82, 2.24) is 15.1 Å². The van der Waals surface area contributed by atoms with Crippen LogP contribution in [0.1, 0.15) is 22.3 Å². The lowest BCUT2D eigenvalue weighted by molar-refractivity contribution is 0.689. The summed E-state index contributed by atoms with van der Waals surface area (Å²) in [7, 11) is 0. The maximum Gasteiger partial charge on any atom is 0.172 e. The molecule has 0 fully saturated rings. The van der Waals surface area contributed by atoms with Gasteiger partial charge in [0.25, 0.3) is 0 Å². The molecule has 128 valence electrons. The number of hydrogen-bond donors (Lipinski definition) is 2. The van der Waals surface area contributed by atoms with Gasteiger partial charge < -0.3 is 10.6 Å². The molecule has 25 heavy (non-hydrogen) atoms. The summed E-state index contributed by atoms with van der Waals surface area (Å²) < 4.78 is 1.90. The zero-order valence-electron chi connectivity index (χ0n) is 14.5. The van der Waals surface area contributed by atoms with E-state index in [4.69, 9.17) is 12.2 Å². The molecule has 0 spiro atoms. The molecule has 2 N–H and O–H groups in total. The van der Waals surface area contributed by atoms with Gasteiger partial charge in [0.1, 0.15) is 0 Å². The molecule has 0 bridgehead atoms. The van der Waals surface area contributed by atoms with Crippen molar-refractivity contribution in [2.24, 2.45) is 0 Å². The van der Waals surface area contributed by atoms with Crippen LogP contribution < -0.4 is 10.6 Å². The standard InChI is InChI=1S/C20H22N4S/c1-15-3-7-17(8-4-15)13-21-20(25)22-19-11-12-24(23-19)14-18-9-5-16(2)6-10-18/h3-12H,13-14H2,1-2H3,(H2,21,22,23,25). The van der Waals surface area contributed by atoms with E-state index in [2.05, 4.69) is 78.1 Å². The van der Waals surface area contributed by atoms with Crippen LogP contribution in [0.2, 0.25) is 0 Å². The molecule has 0 radical (unpaired) electrons. The van der Waals surface area contributed by atoms with Gasteiger partial charge in [-0.25, -0.2) is 0 Å². The number of hydrogen-bond acceptors (Lipinski definition) is 2. The maximum atomic E-state index is 5.34. The van der Waals surface area contributed by atoms with Crippen LogP contribution in [-0.4, -0.2) is 14.9 Å².